The highest BCUT2D eigenvalue weighted by molar-refractivity contribution is 7.18. The number of rotatable bonds is 2. The number of ketones is 1. The second-order valence-corrected chi connectivity index (χ2v) is 10.8. The van der Waals surface area contributed by atoms with Crippen molar-refractivity contribution in [1.82, 2.24) is 0 Å². The van der Waals surface area contributed by atoms with Gasteiger partial charge in [0.15, 0.2) is 11.5 Å². The van der Waals surface area contributed by atoms with Gasteiger partial charge in [0, 0.05) is 11.3 Å². The lowest BCUT2D eigenvalue weighted by Gasteiger charge is -2.63. The summed E-state index contributed by atoms with van der Waals surface area (Å²) in [5.74, 6) is -1.01. The Morgan fingerprint density at radius 3 is 2.69 bits per heavy atom. The zero-order valence-electron chi connectivity index (χ0n) is 17.7. The molecule has 4 nitrogen and oxygen atoms in total. The van der Waals surface area contributed by atoms with Crippen LogP contribution >= 0.6 is 9.24 Å². The Balaban J connectivity index is 1.80. The summed E-state index contributed by atoms with van der Waals surface area (Å²) in [7, 11) is 2.79. The topological polar surface area (TPSA) is 63.6 Å². The van der Waals surface area contributed by atoms with Crippen molar-refractivity contribution in [3.05, 3.63) is 23.8 Å². The number of alkyl halides is 1. The summed E-state index contributed by atoms with van der Waals surface area (Å²) in [4.78, 5) is 24.8. The average Bonchev–Trinajstić information content (AvgIpc) is 2.90. The van der Waals surface area contributed by atoms with E-state index in [9.17, 15) is 14.7 Å². The van der Waals surface area contributed by atoms with Crippen LogP contribution in [0.15, 0.2) is 23.8 Å². The molecule has 0 radical (unpaired) electrons. The Morgan fingerprint density at radius 1 is 1.34 bits per heavy atom. The lowest BCUT2D eigenvalue weighted by atomic mass is 9.45. The molecule has 0 aromatic carbocycles. The van der Waals surface area contributed by atoms with E-state index in [1.54, 1.807) is 19.1 Å². The Bertz CT molecular complexity index is 809. The fourth-order valence-electron chi connectivity index (χ4n) is 7.43. The third kappa shape index (κ3) is 2.62. The minimum atomic E-state index is -1.86. The number of aliphatic hydroxyl groups is 1. The van der Waals surface area contributed by atoms with Gasteiger partial charge in [-0.2, -0.15) is 0 Å². The molecule has 29 heavy (non-hydrogen) atoms. The van der Waals surface area contributed by atoms with Gasteiger partial charge in [-0.05, 0) is 73.7 Å². The summed E-state index contributed by atoms with van der Waals surface area (Å²) in [5.41, 5.74) is -2.67. The molecule has 6 heteroatoms. The van der Waals surface area contributed by atoms with E-state index in [1.807, 2.05) is 20.8 Å². The van der Waals surface area contributed by atoms with Crippen molar-refractivity contribution in [1.29, 1.82) is 0 Å². The fraction of sp³-hybridized carbons (Fsp3) is 0.739. The van der Waals surface area contributed by atoms with Crippen molar-refractivity contribution in [2.45, 2.75) is 64.4 Å². The van der Waals surface area contributed by atoms with Crippen molar-refractivity contribution < 1.29 is 23.8 Å². The van der Waals surface area contributed by atoms with E-state index < -0.39 is 22.6 Å². The fourth-order valence-corrected chi connectivity index (χ4v) is 8.17. The molecule has 0 aromatic heterocycles. The van der Waals surface area contributed by atoms with E-state index in [1.165, 1.54) is 6.08 Å². The summed E-state index contributed by atoms with van der Waals surface area (Å²) in [6.45, 7) is 8.02. The highest BCUT2D eigenvalue weighted by atomic mass is 31.0. The standard InChI is InChI=1S/C23H32FO4P/c1-5-28-20(27)19-12(2)8-14-15-10-17(29)16-9-13(25)6-7-22(16,4)23(15,24)18(26)11-21(14,19)3/h6-7,9,12,14-15,17-19,26H,5,8,10-11,29H2,1-4H3/t12-,14?,15?,17+,18?,19?,21?,22?,23+/m1/s1. The molecule has 4 rings (SSSR count). The van der Waals surface area contributed by atoms with Crippen molar-refractivity contribution in [2.75, 3.05) is 6.61 Å². The van der Waals surface area contributed by atoms with Crippen LogP contribution in [0.1, 0.15) is 47.0 Å². The molecular weight excluding hydrogens is 390 g/mol. The number of hydrogen-bond donors (Lipinski definition) is 1. The SMILES string of the molecule is CCOC(=O)C1[C@H](C)CC2C3C[C@H](P)C4=CC(=O)C=CC4(C)[C@@]3(F)C(O)CC21C. The average molecular weight is 422 g/mol. The molecule has 4 aliphatic rings. The van der Waals surface area contributed by atoms with Crippen molar-refractivity contribution in [3.8, 4) is 0 Å². The molecule has 0 saturated heterocycles. The van der Waals surface area contributed by atoms with E-state index in [-0.39, 0.29) is 47.5 Å². The molecule has 0 heterocycles. The third-order valence-corrected chi connectivity index (χ3v) is 9.25. The predicted octanol–water partition coefficient (Wildman–Crippen LogP) is 3.64. The molecule has 160 valence electrons. The van der Waals surface area contributed by atoms with Crippen LogP contribution in [-0.4, -0.2) is 40.9 Å². The van der Waals surface area contributed by atoms with E-state index in [4.69, 9.17) is 4.74 Å². The van der Waals surface area contributed by atoms with Gasteiger partial charge in [-0.3, -0.25) is 9.59 Å². The van der Waals surface area contributed by atoms with Gasteiger partial charge in [-0.25, -0.2) is 4.39 Å². The van der Waals surface area contributed by atoms with Gasteiger partial charge in [-0.15, -0.1) is 9.24 Å². The van der Waals surface area contributed by atoms with Crippen molar-refractivity contribution in [3.63, 3.8) is 0 Å². The highest BCUT2D eigenvalue weighted by Crippen LogP contribution is 2.70. The van der Waals surface area contributed by atoms with Crippen LogP contribution in [0.3, 0.4) is 0 Å². The molecule has 0 spiro atoms. The van der Waals surface area contributed by atoms with Gasteiger partial charge >= 0.3 is 5.97 Å². The normalized spacial score (nSPS) is 51.0. The zero-order chi connectivity index (χ0) is 21.4. The molecule has 1 N–H and O–H groups in total. The zero-order valence-corrected chi connectivity index (χ0v) is 18.8. The van der Waals surface area contributed by atoms with Crippen LogP contribution < -0.4 is 0 Å². The van der Waals surface area contributed by atoms with E-state index in [0.717, 1.165) is 12.0 Å². The first-order valence-corrected chi connectivity index (χ1v) is 11.4. The molecular formula is C23H32FO4P. The van der Waals surface area contributed by atoms with Gasteiger partial charge in [0.1, 0.15) is 0 Å². The summed E-state index contributed by atoms with van der Waals surface area (Å²) >= 11 is 0. The quantitative estimate of drug-likeness (QED) is 0.545. The Labute approximate surface area is 174 Å². The maximum Gasteiger partial charge on any atom is 0.309 e. The van der Waals surface area contributed by atoms with E-state index >= 15 is 4.39 Å². The van der Waals surface area contributed by atoms with Gasteiger partial charge in [-0.1, -0.05) is 19.9 Å². The molecule has 10 atom stereocenters. The number of carbonyl (C=O) groups is 2. The molecule has 3 fully saturated rings. The van der Waals surface area contributed by atoms with E-state index in [2.05, 4.69) is 9.24 Å². The number of esters is 1. The Morgan fingerprint density at radius 2 is 2.03 bits per heavy atom. The number of ether oxygens (including phenoxy) is 1. The largest absolute Gasteiger partial charge is 0.466 e. The molecule has 0 aromatic rings. The third-order valence-electron chi connectivity index (χ3n) is 8.62. The lowest BCUT2D eigenvalue weighted by molar-refractivity contribution is -0.198. The van der Waals surface area contributed by atoms with Gasteiger partial charge in [0.25, 0.3) is 0 Å². The second-order valence-electron chi connectivity index (χ2n) is 10.0. The Kier molecular flexibility index (Phi) is 4.91. The molecule has 4 aliphatic carbocycles. The number of allylic oxidation sites excluding steroid dienone is 4. The first-order chi connectivity index (χ1) is 13.5. The number of halogens is 1. The summed E-state index contributed by atoms with van der Waals surface area (Å²) in [5, 5.41) is 11.3. The minimum absolute atomic E-state index is 0.0206. The maximum absolute atomic E-state index is 17.1. The molecule has 0 aliphatic heterocycles. The summed E-state index contributed by atoms with van der Waals surface area (Å²) in [6.07, 6.45) is 4.96. The minimum Gasteiger partial charge on any atom is -0.466 e. The van der Waals surface area contributed by atoms with Crippen LogP contribution in [0.25, 0.3) is 0 Å². The summed E-state index contributed by atoms with van der Waals surface area (Å²) < 4.78 is 22.4. The smallest absolute Gasteiger partial charge is 0.309 e. The number of aliphatic hydroxyl groups excluding tert-OH is 1. The van der Waals surface area contributed by atoms with Crippen LogP contribution in [0.5, 0.6) is 0 Å². The lowest BCUT2D eigenvalue weighted by Crippen LogP contribution is -2.68. The molecule has 0 bridgehead atoms. The van der Waals surface area contributed by atoms with Gasteiger partial charge < -0.3 is 9.84 Å². The first kappa shape index (κ1) is 21.2. The first-order valence-electron chi connectivity index (χ1n) is 10.7. The number of carbonyl (C=O) groups excluding carboxylic acids is 2. The maximum atomic E-state index is 17.1. The molecule has 7 unspecified atom stereocenters. The predicted molar refractivity (Wildman–Crippen MR) is 112 cm³/mol. The van der Waals surface area contributed by atoms with Gasteiger partial charge in [0.2, 0.25) is 0 Å². The summed E-state index contributed by atoms with van der Waals surface area (Å²) in [6, 6.07) is 0. The van der Waals surface area contributed by atoms with Crippen molar-refractivity contribution >= 4 is 21.0 Å². The number of hydrogen-bond acceptors (Lipinski definition) is 4. The molecule has 3 saturated carbocycles. The van der Waals surface area contributed by atoms with Crippen LogP contribution in [0.4, 0.5) is 4.39 Å². The van der Waals surface area contributed by atoms with Crippen LogP contribution in [0, 0.1) is 34.5 Å². The highest BCUT2D eigenvalue weighted by Gasteiger charge is 2.72. The van der Waals surface area contributed by atoms with E-state index in [0.29, 0.717) is 13.0 Å². The molecule has 0 amide bonds. The second kappa shape index (κ2) is 6.72. The Hall–Kier alpha value is -1.06. The number of fused-ring (bicyclic) bond motifs is 5. The monoisotopic (exact) mass is 422 g/mol. The van der Waals surface area contributed by atoms with Gasteiger partial charge in [0.05, 0.1) is 18.6 Å². The van der Waals surface area contributed by atoms with Crippen molar-refractivity contribution in [2.24, 2.45) is 34.5 Å². The van der Waals surface area contributed by atoms with Crippen LogP contribution in [0.2, 0.25) is 0 Å². The van der Waals surface area contributed by atoms with Crippen LogP contribution in [-0.2, 0) is 14.3 Å².